The molecule has 0 spiro atoms. The van der Waals surface area contributed by atoms with E-state index in [9.17, 15) is 9.59 Å². The van der Waals surface area contributed by atoms with Crippen molar-refractivity contribution < 1.29 is 14.0 Å². The van der Waals surface area contributed by atoms with Crippen molar-refractivity contribution in [2.45, 2.75) is 60.5 Å². The average molecular weight is 426 g/mol. The molecule has 0 fully saturated rings. The molecule has 8 nitrogen and oxygen atoms in total. The molecule has 3 aromatic heterocycles. The van der Waals surface area contributed by atoms with Crippen LogP contribution in [0.25, 0.3) is 22.3 Å². The Morgan fingerprint density at radius 1 is 1.19 bits per heavy atom. The lowest BCUT2D eigenvalue weighted by Gasteiger charge is -2.22. The van der Waals surface area contributed by atoms with E-state index < -0.39 is 0 Å². The van der Waals surface area contributed by atoms with Crippen molar-refractivity contribution in [1.82, 2.24) is 25.0 Å². The zero-order chi connectivity index (χ0) is 22.9. The number of nitrogens with one attached hydrogen (secondary N) is 1. The lowest BCUT2D eigenvalue weighted by atomic mass is 10.1. The van der Waals surface area contributed by atoms with Crippen LogP contribution in [0.4, 0.5) is 0 Å². The first-order chi connectivity index (χ1) is 14.6. The smallest absolute Gasteiger partial charge is 0.255 e. The highest BCUT2D eigenvalue weighted by molar-refractivity contribution is 6.07. The van der Waals surface area contributed by atoms with Crippen molar-refractivity contribution in [1.29, 1.82) is 0 Å². The number of carbonyl (C=O) groups is 2. The van der Waals surface area contributed by atoms with Crippen LogP contribution in [0.15, 0.2) is 22.7 Å². The Morgan fingerprint density at radius 2 is 1.90 bits per heavy atom. The minimum Gasteiger partial charge on any atom is -0.466 e. The van der Waals surface area contributed by atoms with E-state index in [1.807, 2.05) is 54.5 Å². The third-order valence-electron chi connectivity index (χ3n) is 5.06. The maximum atomic E-state index is 13.5. The van der Waals surface area contributed by atoms with Gasteiger partial charge in [0.2, 0.25) is 5.91 Å². The standard InChI is InChI=1S/C23H31N5O3/c1-8-27(12-21(29)25-13(2)3)23(30)18-10-20(17-9-15(6)31-16(17)7)26-22-19(18)11-24-28(22)14(4)5/h9-11,13-14H,8,12H2,1-7H3,(H,25,29). The maximum absolute atomic E-state index is 13.5. The summed E-state index contributed by atoms with van der Waals surface area (Å²) in [6.07, 6.45) is 1.68. The van der Waals surface area contributed by atoms with Gasteiger partial charge in [0, 0.05) is 24.2 Å². The minimum atomic E-state index is -0.226. The summed E-state index contributed by atoms with van der Waals surface area (Å²) in [5, 5.41) is 7.98. The average Bonchev–Trinajstić information content (AvgIpc) is 3.26. The third kappa shape index (κ3) is 4.62. The van der Waals surface area contributed by atoms with E-state index >= 15 is 0 Å². The molecule has 0 aromatic carbocycles. The van der Waals surface area contributed by atoms with Crippen LogP contribution < -0.4 is 5.32 Å². The number of hydrogen-bond acceptors (Lipinski definition) is 5. The van der Waals surface area contributed by atoms with Crippen molar-refractivity contribution in [3.05, 3.63) is 35.4 Å². The number of pyridine rings is 1. The summed E-state index contributed by atoms with van der Waals surface area (Å²) >= 11 is 0. The van der Waals surface area contributed by atoms with Gasteiger partial charge in [0.05, 0.1) is 29.4 Å². The van der Waals surface area contributed by atoms with Crippen LogP contribution in [-0.2, 0) is 4.79 Å². The molecule has 8 heteroatoms. The quantitative estimate of drug-likeness (QED) is 0.620. The lowest BCUT2D eigenvalue weighted by molar-refractivity contribution is -0.122. The second-order valence-corrected chi connectivity index (χ2v) is 8.34. The number of likely N-dealkylation sites (N-methyl/N-ethyl adjacent to an activating group) is 1. The zero-order valence-corrected chi connectivity index (χ0v) is 19.3. The second kappa shape index (κ2) is 8.91. The predicted molar refractivity (Wildman–Crippen MR) is 120 cm³/mol. The molecule has 1 N–H and O–H groups in total. The minimum absolute atomic E-state index is 0.00513. The summed E-state index contributed by atoms with van der Waals surface area (Å²) < 4.78 is 7.49. The Balaban J connectivity index is 2.12. The first-order valence-corrected chi connectivity index (χ1v) is 10.7. The molecule has 0 bridgehead atoms. The molecule has 0 aliphatic heterocycles. The van der Waals surface area contributed by atoms with Crippen molar-refractivity contribution >= 4 is 22.8 Å². The van der Waals surface area contributed by atoms with Gasteiger partial charge < -0.3 is 14.6 Å². The van der Waals surface area contributed by atoms with Crippen LogP contribution in [0, 0.1) is 13.8 Å². The number of carbonyl (C=O) groups excluding carboxylic acids is 2. The van der Waals surface area contributed by atoms with E-state index in [-0.39, 0.29) is 30.4 Å². The fraction of sp³-hybridized carbons (Fsp3) is 0.478. The highest BCUT2D eigenvalue weighted by atomic mass is 16.3. The Hall–Kier alpha value is -3.16. The third-order valence-corrected chi connectivity index (χ3v) is 5.06. The van der Waals surface area contributed by atoms with Crippen molar-refractivity contribution in [2.75, 3.05) is 13.1 Å². The normalized spacial score (nSPS) is 11.5. The largest absolute Gasteiger partial charge is 0.466 e. The number of aromatic nitrogens is 3. The zero-order valence-electron chi connectivity index (χ0n) is 19.3. The molecule has 166 valence electrons. The molecule has 31 heavy (non-hydrogen) atoms. The number of rotatable bonds is 7. The Morgan fingerprint density at radius 3 is 2.45 bits per heavy atom. The van der Waals surface area contributed by atoms with Gasteiger partial charge in [-0.1, -0.05) is 0 Å². The first-order valence-electron chi connectivity index (χ1n) is 10.7. The molecular weight excluding hydrogens is 394 g/mol. The van der Waals surface area contributed by atoms with E-state index in [0.717, 1.165) is 17.1 Å². The number of fused-ring (bicyclic) bond motifs is 1. The van der Waals surface area contributed by atoms with Crippen LogP contribution in [0.1, 0.15) is 62.5 Å². The van der Waals surface area contributed by atoms with Crippen LogP contribution in [0.3, 0.4) is 0 Å². The molecule has 3 heterocycles. The van der Waals surface area contributed by atoms with Gasteiger partial charge in [-0.25, -0.2) is 9.67 Å². The fourth-order valence-electron chi connectivity index (χ4n) is 3.63. The number of aryl methyl sites for hydroxylation is 2. The van der Waals surface area contributed by atoms with E-state index in [2.05, 4.69) is 10.4 Å². The summed E-state index contributed by atoms with van der Waals surface area (Å²) in [6.45, 7) is 13.8. The summed E-state index contributed by atoms with van der Waals surface area (Å²) in [5.41, 5.74) is 2.60. The molecule has 0 unspecified atom stereocenters. The van der Waals surface area contributed by atoms with Gasteiger partial charge in [-0.3, -0.25) is 9.59 Å². The molecule has 0 radical (unpaired) electrons. The van der Waals surface area contributed by atoms with E-state index in [1.165, 1.54) is 4.90 Å². The van der Waals surface area contributed by atoms with Gasteiger partial charge in [0.15, 0.2) is 5.65 Å². The van der Waals surface area contributed by atoms with Crippen molar-refractivity contribution in [3.8, 4) is 11.3 Å². The van der Waals surface area contributed by atoms with Crippen molar-refractivity contribution in [2.24, 2.45) is 0 Å². The van der Waals surface area contributed by atoms with Crippen LogP contribution in [-0.4, -0.2) is 50.6 Å². The second-order valence-electron chi connectivity index (χ2n) is 8.34. The summed E-state index contributed by atoms with van der Waals surface area (Å²) in [4.78, 5) is 32.2. The van der Waals surface area contributed by atoms with Gasteiger partial charge in [-0.2, -0.15) is 5.10 Å². The molecule has 3 aromatic rings. The fourth-order valence-corrected chi connectivity index (χ4v) is 3.63. The van der Waals surface area contributed by atoms with E-state index in [1.54, 1.807) is 16.9 Å². The van der Waals surface area contributed by atoms with Crippen LogP contribution >= 0.6 is 0 Å². The Kier molecular flexibility index (Phi) is 6.48. The van der Waals surface area contributed by atoms with Gasteiger partial charge in [-0.05, 0) is 60.6 Å². The van der Waals surface area contributed by atoms with Crippen LogP contribution in [0.5, 0.6) is 0 Å². The molecule has 0 aliphatic carbocycles. The Bertz CT molecular complexity index is 1110. The summed E-state index contributed by atoms with van der Waals surface area (Å²) in [7, 11) is 0. The van der Waals surface area contributed by atoms with Gasteiger partial charge in [0.1, 0.15) is 11.5 Å². The number of nitrogens with zero attached hydrogens (tertiary/aromatic N) is 4. The van der Waals surface area contributed by atoms with Crippen LogP contribution in [0.2, 0.25) is 0 Å². The van der Waals surface area contributed by atoms with Gasteiger partial charge in [-0.15, -0.1) is 0 Å². The molecule has 0 atom stereocenters. The van der Waals surface area contributed by atoms with Crippen molar-refractivity contribution in [3.63, 3.8) is 0 Å². The van der Waals surface area contributed by atoms with Gasteiger partial charge >= 0.3 is 0 Å². The lowest BCUT2D eigenvalue weighted by Crippen LogP contribution is -2.42. The molecule has 0 saturated heterocycles. The summed E-state index contributed by atoms with van der Waals surface area (Å²) in [6, 6.07) is 3.78. The first kappa shape index (κ1) is 22.5. The maximum Gasteiger partial charge on any atom is 0.255 e. The highest BCUT2D eigenvalue weighted by Crippen LogP contribution is 2.30. The molecule has 0 saturated carbocycles. The summed E-state index contributed by atoms with van der Waals surface area (Å²) in [5.74, 6) is 1.10. The SMILES string of the molecule is CCN(CC(=O)NC(C)C)C(=O)c1cc(-c2cc(C)oc2C)nc2c1cnn2C(C)C. The molecular formula is C23H31N5O3. The number of hydrogen-bond donors (Lipinski definition) is 1. The predicted octanol–water partition coefficient (Wildman–Crippen LogP) is 3.88. The van der Waals surface area contributed by atoms with E-state index in [4.69, 9.17) is 9.40 Å². The topological polar surface area (TPSA) is 93.3 Å². The molecule has 2 amide bonds. The van der Waals surface area contributed by atoms with Gasteiger partial charge in [0.25, 0.3) is 5.91 Å². The number of amides is 2. The number of furan rings is 1. The van der Waals surface area contributed by atoms with E-state index in [0.29, 0.717) is 28.8 Å². The molecule has 3 rings (SSSR count). The highest BCUT2D eigenvalue weighted by Gasteiger charge is 2.24. The monoisotopic (exact) mass is 425 g/mol. The Labute approximate surface area is 182 Å². The molecule has 0 aliphatic rings.